The van der Waals surface area contributed by atoms with Gasteiger partial charge in [0.25, 0.3) is 0 Å². The number of nitrogens with zero attached hydrogens (tertiary/aromatic N) is 1. The molecule has 1 aliphatic heterocycles. The summed E-state index contributed by atoms with van der Waals surface area (Å²) in [4.78, 5) is 2.53. The van der Waals surface area contributed by atoms with Crippen LogP contribution >= 0.6 is 0 Å². The lowest BCUT2D eigenvalue weighted by atomic mass is 10.1. The van der Waals surface area contributed by atoms with Crippen molar-refractivity contribution in [2.24, 2.45) is 5.92 Å². The van der Waals surface area contributed by atoms with E-state index < -0.39 is 0 Å². The SMILES string of the molecule is COCC1=CCN(C(C)CNCC(C)C)CC1. The Labute approximate surface area is 106 Å². The molecule has 1 atom stereocenters. The quantitative estimate of drug-likeness (QED) is 0.688. The predicted octanol–water partition coefficient (Wildman–Crippen LogP) is 1.90. The second-order valence-corrected chi connectivity index (χ2v) is 5.44. The Hall–Kier alpha value is -0.380. The number of nitrogens with one attached hydrogen (secondary N) is 1. The highest BCUT2D eigenvalue weighted by molar-refractivity contribution is 5.08. The minimum Gasteiger partial charge on any atom is -0.380 e. The molecule has 0 amide bonds. The van der Waals surface area contributed by atoms with Crippen LogP contribution in [-0.4, -0.2) is 50.8 Å². The standard InChI is InChI=1S/C14H28N2O/c1-12(2)9-15-10-13(3)16-7-5-14(6-8-16)11-17-4/h5,12-13,15H,6-11H2,1-4H3. The summed E-state index contributed by atoms with van der Waals surface area (Å²) < 4.78 is 5.17. The molecule has 1 aliphatic rings. The van der Waals surface area contributed by atoms with E-state index in [0.717, 1.165) is 38.6 Å². The zero-order valence-electron chi connectivity index (χ0n) is 11.8. The van der Waals surface area contributed by atoms with Gasteiger partial charge in [0.05, 0.1) is 6.61 Å². The van der Waals surface area contributed by atoms with Crippen LogP contribution in [0.2, 0.25) is 0 Å². The van der Waals surface area contributed by atoms with E-state index in [1.54, 1.807) is 7.11 Å². The van der Waals surface area contributed by atoms with Crippen LogP contribution in [0.5, 0.6) is 0 Å². The van der Waals surface area contributed by atoms with Gasteiger partial charge in [-0.3, -0.25) is 4.90 Å². The molecule has 0 aliphatic carbocycles. The minimum atomic E-state index is 0.620. The van der Waals surface area contributed by atoms with E-state index in [2.05, 4.69) is 37.1 Å². The molecule has 0 bridgehead atoms. The highest BCUT2D eigenvalue weighted by Crippen LogP contribution is 2.13. The third kappa shape index (κ3) is 5.66. The molecule has 1 unspecified atom stereocenters. The van der Waals surface area contributed by atoms with Gasteiger partial charge < -0.3 is 10.1 Å². The highest BCUT2D eigenvalue weighted by atomic mass is 16.5. The molecule has 0 aromatic rings. The van der Waals surface area contributed by atoms with Gasteiger partial charge in [0, 0.05) is 32.8 Å². The van der Waals surface area contributed by atoms with Crippen LogP contribution in [0.25, 0.3) is 0 Å². The molecule has 0 saturated heterocycles. The van der Waals surface area contributed by atoms with Crippen LogP contribution in [0.3, 0.4) is 0 Å². The van der Waals surface area contributed by atoms with Gasteiger partial charge in [0.2, 0.25) is 0 Å². The molecule has 0 fully saturated rings. The fourth-order valence-corrected chi connectivity index (χ4v) is 2.15. The lowest BCUT2D eigenvalue weighted by molar-refractivity contribution is 0.192. The summed E-state index contributed by atoms with van der Waals surface area (Å²) >= 11 is 0. The van der Waals surface area contributed by atoms with Crippen LogP contribution in [0.15, 0.2) is 11.6 Å². The molecule has 0 radical (unpaired) electrons. The predicted molar refractivity (Wildman–Crippen MR) is 73.3 cm³/mol. The normalized spacial score (nSPS) is 19.5. The van der Waals surface area contributed by atoms with E-state index in [9.17, 15) is 0 Å². The van der Waals surface area contributed by atoms with Gasteiger partial charge in [-0.05, 0) is 31.4 Å². The van der Waals surface area contributed by atoms with Crippen molar-refractivity contribution in [3.8, 4) is 0 Å². The molecule has 17 heavy (non-hydrogen) atoms. The lowest BCUT2D eigenvalue weighted by Gasteiger charge is -2.32. The molecule has 100 valence electrons. The molecule has 0 aromatic heterocycles. The molecule has 1 N–H and O–H groups in total. The van der Waals surface area contributed by atoms with Crippen molar-refractivity contribution < 1.29 is 4.74 Å². The molecule has 0 spiro atoms. The maximum atomic E-state index is 5.17. The first-order valence-electron chi connectivity index (χ1n) is 6.75. The Morgan fingerprint density at radius 2 is 2.12 bits per heavy atom. The van der Waals surface area contributed by atoms with E-state index >= 15 is 0 Å². The van der Waals surface area contributed by atoms with Crippen molar-refractivity contribution in [1.29, 1.82) is 0 Å². The average Bonchev–Trinajstić information content (AvgIpc) is 2.30. The first-order chi connectivity index (χ1) is 8.13. The Morgan fingerprint density at radius 1 is 1.35 bits per heavy atom. The summed E-state index contributed by atoms with van der Waals surface area (Å²) in [5, 5.41) is 3.53. The van der Waals surface area contributed by atoms with Gasteiger partial charge in [-0.15, -0.1) is 0 Å². The van der Waals surface area contributed by atoms with E-state index in [4.69, 9.17) is 4.74 Å². The van der Waals surface area contributed by atoms with Crippen LogP contribution in [-0.2, 0) is 4.74 Å². The van der Waals surface area contributed by atoms with Crippen molar-refractivity contribution >= 4 is 0 Å². The molecule has 1 rings (SSSR count). The second kappa shape index (κ2) is 7.85. The van der Waals surface area contributed by atoms with Crippen LogP contribution in [0.1, 0.15) is 27.2 Å². The summed E-state index contributed by atoms with van der Waals surface area (Å²) in [6.07, 6.45) is 3.48. The largest absolute Gasteiger partial charge is 0.380 e. The average molecular weight is 240 g/mol. The number of hydrogen-bond donors (Lipinski definition) is 1. The van der Waals surface area contributed by atoms with Gasteiger partial charge in [-0.1, -0.05) is 19.9 Å². The zero-order chi connectivity index (χ0) is 12.7. The van der Waals surface area contributed by atoms with E-state index in [1.165, 1.54) is 12.1 Å². The first-order valence-corrected chi connectivity index (χ1v) is 6.75. The Bertz CT molecular complexity index is 238. The third-order valence-corrected chi connectivity index (χ3v) is 3.28. The summed E-state index contributed by atoms with van der Waals surface area (Å²) in [6.45, 7) is 12.0. The fourth-order valence-electron chi connectivity index (χ4n) is 2.15. The fraction of sp³-hybridized carbons (Fsp3) is 0.857. The Balaban J connectivity index is 2.23. The molecule has 3 nitrogen and oxygen atoms in total. The van der Waals surface area contributed by atoms with E-state index in [0.29, 0.717) is 6.04 Å². The third-order valence-electron chi connectivity index (χ3n) is 3.28. The van der Waals surface area contributed by atoms with E-state index in [-0.39, 0.29) is 0 Å². The van der Waals surface area contributed by atoms with E-state index in [1.807, 2.05) is 0 Å². The van der Waals surface area contributed by atoms with Crippen molar-refractivity contribution in [1.82, 2.24) is 10.2 Å². The lowest BCUT2D eigenvalue weighted by Crippen LogP contribution is -2.43. The zero-order valence-corrected chi connectivity index (χ0v) is 11.8. The maximum Gasteiger partial charge on any atom is 0.0673 e. The summed E-state index contributed by atoms with van der Waals surface area (Å²) in [5.41, 5.74) is 1.45. The minimum absolute atomic E-state index is 0.620. The molecule has 1 heterocycles. The van der Waals surface area contributed by atoms with Crippen molar-refractivity contribution in [2.75, 3.05) is 39.9 Å². The molecule has 3 heteroatoms. The first kappa shape index (κ1) is 14.7. The van der Waals surface area contributed by atoms with Crippen molar-refractivity contribution in [3.63, 3.8) is 0 Å². The number of ether oxygens (including phenoxy) is 1. The number of hydrogen-bond acceptors (Lipinski definition) is 3. The van der Waals surface area contributed by atoms with Gasteiger partial charge in [0.1, 0.15) is 0 Å². The molecular formula is C14H28N2O. The van der Waals surface area contributed by atoms with Crippen molar-refractivity contribution in [2.45, 2.75) is 33.2 Å². The monoisotopic (exact) mass is 240 g/mol. The maximum absolute atomic E-state index is 5.17. The van der Waals surface area contributed by atoms with Gasteiger partial charge in [-0.25, -0.2) is 0 Å². The van der Waals surface area contributed by atoms with Gasteiger partial charge >= 0.3 is 0 Å². The Morgan fingerprint density at radius 3 is 2.65 bits per heavy atom. The molecular weight excluding hydrogens is 212 g/mol. The number of rotatable bonds is 7. The van der Waals surface area contributed by atoms with Crippen LogP contribution in [0.4, 0.5) is 0 Å². The smallest absolute Gasteiger partial charge is 0.0673 e. The topological polar surface area (TPSA) is 24.5 Å². The summed E-state index contributed by atoms with van der Waals surface area (Å²) in [6, 6.07) is 0.620. The van der Waals surface area contributed by atoms with Crippen LogP contribution in [0, 0.1) is 5.92 Å². The highest BCUT2D eigenvalue weighted by Gasteiger charge is 2.16. The second-order valence-electron chi connectivity index (χ2n) is 5.44. The summed E-state index contributed by atoms with van der Waals surface area (Å²) in [7, 11) is 1.77. The Kier molecular flexibility index (Phi) is 6.78. The van der Waals surface area contributed by atoms with Gasteiger partial charge in [-0.2, -0.15) is 0 Å². The van der Waals surface area contributed by atoms with Gasteiger partial charge in [0.15, 0.2) is 0 Å². The van der Waals surface area contributed by atoms with Crippen molar-refractivity contribution in [3.05, 3.63) is 11.6 Å². The summed E-state index contributed by atoms with van der Waals surface area (Å²) in [5.74, 6) is 0.733. The number of methoxy groups -OCH3 is 1. The molecule has 0 aromatic carbocycles. The molecule has 0 saturated carbocycles. The van der Waals surface area contributed by atoms with Crippen LogP contribution < -0.4 is 5.32 Å².